The molecule has 1 saturated heterocycles. The van der Waals surface area contributed by atoms with Crippen LogP contribution in [0.25, 0.3) is 11.0 Å². The molecule has 1 N–H and O–H groups in total. The number of nitrogens with zero attached hydrogens (tertiary/aromatic N) is 5. The number of rotatable bonds is 1. The van der Waals surface area contributed by atoms with E-state index >= 15 is 0 Å². The minimum atomic E-state index is -0.220. The number of ether oxygens (including phenoxy) is 1. The van der Waals surface area contributed by atoms with E-state index in [0.29, 0.717) is 18.9 Å². The highest BCUT2D eigenvalue weighted by atomic mass is 16.5. The summed E-state index contributed by atoms with van der Waals surface area (Å²) in [5, 5.41) is 14.6. The van der Waals surface area contributed by atoms with Crippen molar-refractivity contribution >= 4 is 16.9 Å². The van der Waals surface area contributed by atoms with Crippen molar-refractivity contribution in [2.75, 3.05) is 31.2 Å². The van der Waals surface area contributed by atoms with Gasteiger partial charge in [-0.1, -0.05) is 0 Å². The summed E-state index contributed by atoms with van der Waals surface area (Å²) in [6, 6.07) is -0.220. The van der Waals surface area contributed by atoms with Gasteiger partial charge in [-0.3, -0.25) is 4.68 Å². The van der Waals surface area contributed by atoms with Crippen LogP contribution in [0.1, 0.15) is 0 Å². The molecule has 0 aromatic carbocycles. The monoisotopic (exact) mass is 235 g/mol. The summed E-state index contributed by atoms with van der Waals surface area (Å²) in [5.74, 6) is 0.726. The van der Waals surface area contributed by atoms with Gasteiger partial charge in [-0.15, -0.1) is 0 Å². The molecule has 0 bridgehead atoms. The summed E-state index contributed by atoms with van der Waals surface area (Å²) in [6.45, 7) is 2.87. The first-order valence-electron chi connectivity index (χ1n) is 5.47. The van der Waals surface area contributed by atoms with Gasteiger partial charge < -0.3 is 14.7 Å². The van der Waals surface area contributed by atoms with E-state index in [9.17, 15) is 5.11 Å². The number of aryl methyl sites for hydroxylation is 1. The van der Waals surface area contributed by atoms with Crippen LogP contribution in [0.5, 0.6) is 6.01 Å². The average Bonchev–Trinajstić information content (AvgIpc) is 2.72. The Kier molecular flexibility index (Phi) is 2.32. The molecule has 0 radical (unpaired) electrons. The van der Waals surface area contributed by atoms with Crippen LogP contribution in [0.15, 0.2) is 6.20 Å². The van der Waals surface area contributed by atoms with Crippen LogP contribution in [0.3, 0.4) is 0 Å². The zero-order valence-corrected chi connectivity index (χ0v) is 9.50. The number of aromatic nitrogens is 4. The molecule has 1 aliphatic heterocycles. The third kappa shape index (κ3) is 1.68. The summed E-state index contributed by atoms with van der Waals surface area (Å²) >= 11 is 0. The lowest BCUT2D eigenvalue weighted by atomic mass is 10.3. The highest BCUT2D eigenvalue weighted by Crippen LogP contribution is 2.25. The second-order valence-electron chi connectivity index (χ2n) is 3.95. The summed E-state index contributed by atoms with van der Waals surface area (Å²) in [7, 11) is 1.79. The largest absolute Gasteiger partial charge is 0.479 e. The van der Waals surface area contributed by atoms with Crippen molar-refractivity contribution in [3.8, 4) is 6.01 Å². The SMILES string of the molecule is Cn1ncc2c(N3CCOCC3)nc(O)nc21. The van der Waals surface area contributed by atoms with Crippen molar-refractivity contribution in [2.45, 2.75) is 0 Å². The lowest BCUT2D eigenvalue weighted by Crippen LogP contribution is -2.36. The third-order valence-corrected chi connectivity index (χ3v) is 2.87. The molecule has 2 aromatic rings. The van der Waals surface area contributed by atoms with Gasteiger partial charge >= 0.3 is 6.01 Å². The standard InChI is InChI=1S/C10H13N5O2/c1-14-8-7(6-11-14)9(13-10(16)12-8)15-2-4-17-5-3-15/h6H,2-5H2,1H3,(H,12,13,16). The van der Waals surface area contributed by atoms with Crippen molar-refractivity contribution in [3.05, 3.63) is 6.20 Å². The fourth-order valence-corrected chi connectivity index (χ4v) is 2.01. The van der Waals surface area contributed by atoms with Crippen LogP contribution in [0.2, 0.25) is 0 Å². The summed E-state index contributed by atoms with van der Waals surface area (Å²) in [4.78, 5) is 10.2. The molecular weight excluding hydrogens is 222 g/mol. The Morgan fingerprint density at radius 3 is 2.82 bits per heavy atom. The lowest BCUT2D eigenvalue weighted by Gasteiger charge is -2.27. The van der Waals surface area contributed by atoms with Gasteiger partial charge in [0.05, 0.1) is 24.8 Å². The Hall–Kier alpha value is -1.89. The minimum absolute atomic E-state index is 0.220. The highest BCUT2D eigenvalue weighted by Gasteiger charge is 2.18. The van der Waals surface area contributed by atoms with E-state index in [-0.39, 0.29) is 6.01 Å². The maximum Gasteiger partial charge on any atom is 0.317 e. The fraction of sp³-hybridized carbons (Fsp3) is 0.500. The van der Waals surface area contributed by atoms with Crippen LogP contribution >= 0.6 is 0 Å². The molecule has 3 heterocycles. The zero-order chi connectivity index (χ0) is 11.8. The van der Waals surface area contributed by atoms with E-state index in [4.69, 9.17) is 4.74 Å². The molecule has 0 unspecified atom stereocenters. The number of hydrogen-bond donors (Lipinski definition) is 1. The molecule has 3 rings (SSSR count). The quantitative estimate of drug-likeness (QED) is 0.744. The molecule has 1 fully saturated rings. The molecule has 1 aliphatic rings. The Bertz CT molecular complexity index is 547. The van der Waals surface area contributed by atoms with E-state index in [1.807, 2.05) is 0 Å². The van der Waals surface area contributed by atoms with Crippen molar-refractivity contribution in [3.63, 3.8) is 0 Å². The van der Waals surface area contributed by atoms with Gasteiger partial charge in [-0.25, -0.2) is 0 Å². The minimum Gasteiger partial charge on any atom is -0.479 e. The van der Waals surface area contributed by atoms with Crippen molar-refractivity contribution in [2.24, 2.45) is 7.05 Å². The van der Waals surface area contributed by atoms with Crippen LogP contribution < -0.4 is 4.90 Å². The topological polar surface area (TPSA) is 76.3 Å². The third-order valence-electron chi connectivity index (χ3n) is 2.87. The fourth-order valence-electron chi connectivity index (χ4n) is 2.01. The van der Waals surface area contributed by atoms with Crippen LogP contribution in [-0.4, -0.2) is 51.2 Å². The molecule has 0 saturated carbocycles. The van der Waals surface area contributed by atoms with Gasteiger partial charge in [0, 0.05) is 20.1 Å². The Labute approximate surface area is 97.6 Å². The van der Waals surface area contributed by atoms with E-state index in [1.165, 1.54) is 0 Å². The second-order valence-corrected chi connectivity index (χ2v) is 3.95. The molecule has 0 aliphatic carbocycles. The number of anilines is 1. The zero-order valence-electron chi connectivity index (χ0n) is 9.50. The van der Waals surface area contributed by atoms with Gasteiger partial charge in [0.2, 0.25) is 0 Å². The predicted molar refractivity (Wildman–Crippen MR) is 61.0 cm³/mol. The van der Waals surface area contributed by atoms with E-state index in [2.05, 4.69) is 20.0 Å². The highest BCUT2D eigenvalue weighted by molar-refractivity contribution is 5.87. The van der Waals surface area contributed by atoms with Crippen molar-refractivity contribution < 1.29 is 9.84 Å². The summed E-state index contributed by atoms with van der Waals surface area (Å²) in [6.07, 6.45) is 1.72. The van der Waals surface area contributed by atoms with Gasteiger partial charge in [0.15, 0.2) is 5.65 Å². The van der Waals surface area contributed by atoms with Gasteiger partial charge in [-0.05, 0) is 0 Å². The Balaban J connectivity index is 2.13. The molecule has 0 atom stereocenters. The molecular formula is C10H13N5O2. The van der Waals surface area contributed by atoms with Gasteiger partial charge in [0.1, 0.15) is 5.82 Å². The number of hydrogen-bond acceptors (Lipinski definition) is 6. The van der Waals surface area contributed by atoms with Crippen LogP contribution in [-0.2, 0) is 11.8 Å². The molecule has 0 spiro atoms. The van der Waals surface area contributed by atoms with E-state index in [0.717, 1.165) is 24.3 Å². The van der Waals surface area contributed by atoms with Gasteiger partial charge in [0.25, 0.3) is 0 Å². The molecule has 7 nitrogen and oxygen atoms in total. The van der Waals surface area contributed by atoms with Crippen LogP contribution in [0, 0.1) is 0 Å². The van der Waals surface area contributed by atoms with E-state index in [1.54, 1.807) is 17.9 Å². The molecule has 7 heteroatoms. The van der Waals surface area contributed by atoms with Gasteiger partial charge in [-0.2, -0.15) is 15.1 Å². The number of fused-ring (bicyclic) bond motifs is 1. The second kappa shape index (κ2) is 3.85. The molecule has 0 amide bonds. The Morgan fingerprint density at radius 1 is 1.29 bits per heavy atom. The maximum absolute atomic E-state index is 9.56. The smallest absolute Gasteiger partial charge is 0.317 e. The average molecular weight is 235 g/mol. The first kappa shape index (κ1) is 10.3. The predicted octanol–water partition coefficient (Wildman–Crippen LogP) is -0.0945. The molecule has 17 heavy (non-hydrogen) atoms. The van der Waals surface area contributed by atoms with E-state index < -0.39 is 0 Å². The van der Waals surface area contributed by atoms with Crippen molar-refractivity contribution in [1.29, 1.82) is 0 Å². The summed E-state index contributed by atoms with van der Waals surface area (Å²) < 4.78 is 6.93. The number of morpholine rings is 1. The molecule has 2 aromatic heterocycles. The first-order valence-corrected chi connectivity index (χ1v) is 5.47. The van der Waals surface area contributed by atoms with Crippen molar-refractivity contribution in [1.82, 2.24) is 19.7 Å². The number of aromatic hydroxyl groups is 1. The Morgan fingerprint density at radius 2 is 2.06 bits per heavy atom. The maximum atomic E-state index is 9.56. The molecule has 90 valence electrons. The normalized spacial score (nSPS) is 16.6. The van der Waals surface area contributed by atoms with Crippen LogP contribution in [0.4, 0.5) is 5.82 Å². The first-order chi connectivity index (χ1) is 8.25. The lowest BCUT2D eigenvalue weighted by molar-refractivity contribution is 0.122. The summed E-state index contributed by atoms with van der Waals surface area (Å²) in [5.41, 5.74) is 0.638.